The number of carboxylic acids is 1. The minimum atomic E-state index is -1.23. The van der Waals surface area contributed by atoms with Crippen molar-refractivity contribution in [1.82, 2.24) is 5.32 Å². The fraction of sp³-hybridized carbons (Fsp3) is 0.167. The summed E-state index contributed by atoms with van der Waals surface area (Å²) in [5.41, 5.74) is 0.237. The lowest BCUT2D eigenvalue weighted by Crippen LogP contribution is -2.24. The Balaban J connectivity index is 2.80. The molecule has 102 valence electrons. The van der Waals surface area contributed by atoms with Crippen LogP contribution < -0.4 is 5.32 Å². The van der Waals surface area contributed by atoms with Crippen LogP contribution in [0.4, 0.5) is 4.79 Å². The van der Waals surface area contributed by atoms with Crippen LogP contribution >= 0.6 is 23.2 Å². The fourth-order valence-electron chi connectivity index (χ4n) is 1.28. The van der Waals surface area contributed by atoms with E-state index in [0.717, 1.165) is 0 Å². The van der Waals surface area contributed by atoms with Crippen molar-refractivity contribution >= 4 is 35.3 Å². The van der Waals surface area contributed by atoms with Crippen molar-refractivity contribution in [2.45, 2.75) is 6.54 Å². The zero-order chi connectivity index (χ0) is 14.4. The number of rotatable bonds is 5. The summed E-state index contributed by atoms with van der Waals surface area (Å²) in [5.74, 6) is -1.23. The van der Waals surface area contributed by atoms with Gasteiger partial charge in [0.25, 0.3) is 0 Å². The van der Waals surface area contributed by atoms with E-state index >= 15 is 0 Å². The number of ether oxygens (including phenoxy) is 1. The van der Waals surface area contributed by atoms with Gasteiger partial charge in [-0.2, -0.15) is 0 Å². The lowest BCUT2D eigenvalue weighted by Gasteiger charge is -2.10. The number of carbonyl (C=O) groups excluding carboxylic acids is 1. The molecule has 0 aliphatic heterocycles. The highest BCUT2D eigenvalue weighted by molar-refractivity contribution is 6.39. The molecule has 1 aromatic carbocycles. The average molecular weight is 304 g/mol. The lowest BCUT2D eigenvalue weighted by atomic mass is 10.1. The van der Waals surface area contributed by atoms with Crippen LogP contribution in [0.2, 0.25) is 10.0 Å². The van der Waals surface area contributed by atoms with E-state index in [1.165, 1.54) is 18.2 Å². The Morgan fingerprint density at radius 1 is 1.42 bits per heavy atom. The van der Waals surface area contributed by atoms with Crippen LogP contribution in [-0.2, 0) is 11.3 Å². The third-order valence-corrected chi connectivity index (χ3v) is 2.89. The molecule has 0 saturated carbocycles. The highest BCUT2D eigenvalue weighted by Gasteiger charge is 2.17. The van der Waals surface area contributed by atoms with Gasteiger partial charge in [0.2, 0.25) is 0 Å². The van der Waals surface area contributed by atoms with Crippen LogP contribution in [0, 0.1) is 0 Å². The zero-order valence-electron chi connectivity index (χ0n) is 9.78. The minimum absolute atomic E-state index is 0.0102. The molecule has 0 fully saturated rings. The predicted molar refractivity (Wildman–Crippen MR) is 71.8 cm³/mol. The van der Waals surface area contributed by atoms with Crippen LogP contribution in [-0.4, -0.2) is 23.8 Å². The van der Waals surface area contributed by atoms with Crippen molar-refractivity contribution in [2.75, 3.05) is 6.61 Å². The second-order valence-electron chi connectivity index (χ2n) is 3.44. The summed E-state index contributed by atoms with van der Waals surface area (Å²) < 4.78 is 4.70. The molecule has 1 rings (SSSR count). The molecule has 0 bridgehead atoms. The number of alkyl carbamates (subject to hydrolysis) is 1. The first kappa shape index (κ1) is 15.3. The Labute approximate surface area is 119 Å². The first-order valence-electron chi connectivity index (χ1n) is 5.19. The van der Waals surface area contributed by atoms with Gasteiger partial charge in [0.1, 0.15) is 6.61 Å². The summed E-state index contributed by atoms with van der Waals surface area (Å²) >= 11 is 11.7. The molecule has 7 heteroatoms. The summed E-state index contributed by atoms with van der Waals surface area (Å²) in [7, 11) is 0. The Kier molecular flexibility index (Phi) is 5.66. The van der Waals surface area contributed by atoms with Gasteiger partial charge < -0.3 is 15.2 Å². The van der Waals surface area contributed by atoms with Crippen LogP contribution in [0.15, 0.2) is 24.8 Å². The molecular weight excluding hydrogens is 293 g/mol. The standard InChI is InChI=1S/C12H11Cl2NO4/c1-2-5-19-12(18)15-6-7-3-4-8(13)9(10(7)14)11(16)17/h2-4H,1,5-6H2,(H,15,18)(H,16,17). The third kappa shape index (κ3) is 4.15. The Hall–Kier alpha value is -1.72. The number of carbonyl (C=O) groups is 2. The van der Waals surface area contributed by atoms with Crippen LogP contribution in [0.1, 0.15) is 15.9 Å². The van der Waals surface area contributed by atoms with Crippen molar-refractivity contribution in [3.63, 3.8) is 0 Å². The maximum Gasteiger partial charge on any atom is 0.407 e. The normalized spacial score (nSPS) is 9.79. The highest BCUT2D eigenvalue weighted by Crippen LogP contribution is 2.28. The van der Waals surface area contributed by atoms with Crippen molar-refractivity contribution in [3.05, 3.63) is 46.0 Å². The number of halogens is 2. The molecule has 5 nitrogen and oxygen atoms in total. The molecule has 0 spiro atoms. The molecule has 2 N–H and O–H groups in total. The number of nitrogens with one attached hydrogen (secondary N) is 1. The molecule has 0 radical (unpaired) electrons. The molecule has 0 unspecified atom stereocenters. The van der Waals surface area contributed by atoms with E-state index in [2.05, 4.69) is 11.9 Å². The lowest BCUT2D eigenvalue weighted by molar-refractivity contribution is 0.0697. The maximum absolute atomic E-state index is 11.2. The molecular formula is C12H11Cl2NO4. The number of aromatic carboxylic acids is 1. The topological polar surface area (TPSA) is 75.6 Å². The summed E-state index contributed by atoms with van der Waals surface area (Å²) in [6.07, 6.45) is 0.778. The van der Waals surface area contributed by atoms with Crippen molar-refractivity contribution in [2.24, 2.45) is 0 Å². The van der Waals surface area contributed by atoms with E-state index in [4.69, 9.17) is 33.0 Å². The van der Waals surface area contributed by atoms with E-state index in [0.29, 0.717) is 5.56 Å². The Morgan fingerprint density at radius 3 is 2.68 bits per heavy atom. The van der Waals surface area contributed by atoms with E-state index < -0.39 is 12.1 Å². The first-order chi connectivity index (χ1) is 8.97. The smallest absolute Gasteiger partial charge is 0.407 e. The number of hydrogen-bond acceptors (Lipinski definition) is 3. The van der Waals surface area contributed by atoms with Gasteiger partial charge >= 0.3 is 12.1 Å². The van der Waals surface area contributed by atoms with Crippen molar-refractivity contribution in [1.29, 1.82) is 0 Å². The van der Waals surface area contributed by atoms with Gasteiger partial charge in [0, 0.05) is 6.54 Å². The second-order valence-corrected chi connectivity index (χ2v) is 4.23. The number of carboxylic acid groups (broad SMARTS) is 1. The first-order valence-corrected chi connectivity index (χ1v) is 5.94. The van der Waals surface area contributed by atoms with Gasteiger partial charge in [0.15, 0.2) is 0 Å². The molecule has 1 amide bonds. The van der Waals surface area contributed by atoms with Crippen LogP contribution in [0.5, 0.6) is 0 Å². The fourth-order valence-corrected chi connectivity index (χ4v) is 1.88. The molecule has 0 heterocycles. The van der Waals surface area contributed by atoms with Gasteiger partial charge in [-0.15, -0.1) is 0 Å². The zero-order valence-corrected chi connectivity index (χ0v) is 11.3. The summed E-state index contributed by atoms with van der Waals surface area (Å²) in [5, 5.41) is 11.4. The van der Waals surface area contributed by atoms with Gasteiger partial charge in [-0.1, -0.05) is 41.9 Å². The quantitative estimate of drug-likeness (QED) is 0.820. The SMILES string of the molecule is C=CCOC(=O)NCc1ccc(Cl)c(C(=O)O)c1Cl. The van der Waals surface area contributed by atoms with E-state index in [1.807, 2.05) is 0 Å². The Bertz CT molecular complexity index is 517. The second kappa shape index (κ2) is 7.01. The van der Waals surface area contributed by atoms with Crippen molar-refractivity contribution in [3.8, 4) is 0 Å². The summed E-state index contributed by atoms with van der Waals surface area (Å²) in [6, 6.07) is 2.94. The molecule has 0 aliphatic carbocycles. The van der Waals surface area contributed by atoms with Gasteiger partial charge in [0.05, 0.1) is 15.6 Å². The van der Waals surface area contributed by atoms with Crippen LogP contribution in [0.3, 0.4) is 0 Å². The number of benzene rings is 1. The molecule has 0 atom stereocenters. The summed E-state index contributed by atoms with van der Waals surface area (Å²) in [6.45, 7) is 3.52. The number of hydrogen-bond donors (Lipinski definition) is 2. The third-order valence-electron chi connectivity index (χ3n) is 2.14. The molecule has 0 saturated heterocycles. The monoisotopic (exact) mass is 303 g/mol. The van der Waals surface area contributed by atoms with E-state index in [-0.39, 0.29) is 28.8 Å². The predicted octanol–water partition coefficient (Wildman–Crippen LogP) is 3.10. The molecule has 0 aromatic heterocycles. The number of amides is 1. The average Bonchev–Trinajstić information content (AvgIpc) is 2.35. The van der Waals surface area contributed by atoms with E-state index in [9.17, 15) is 9.59 Å². The van der Waals surface area contributed by atoms with Gasteiger partial charge in [-0.25, -0.2) is 9.59 Å². The Morgan fingerprint density at radius 2 is 2.11 bits per heavy atom. The maximum atomic E-state index is 11.2. The van der Waals surface area contributed by atoms with Crippen molar-refractivity contribution < 1.29 is 19.4 Å². The van der Waals surface area contributed by atoms with Crippen LogP contribution in [0.25, 0.3) is 0 Å². The van der Waals surface area contributed by atoms with E-state index in [1.54, 1.807) is 0 Å². The minimum Gasteiger partial charge on any atom is -0.478 e. The van der Waals surface area contributed by atoms with Gasteiger partial charge in [-0.05, 0) is 11.6 Å². The molecule has 0 aliphatic rings. The molecule has 1 aromatic rings. The summed E-state index contributed by atoms with van der Waals surface area (Å²) in [4.78, 5) is 22.2. The highest BCUT2D eigenvalue weighted by atomic mass is 35.5. The largest absolute Gasteiger partial charge is 0.478 e. The molecule has 19 heavy (non-hydrogen) atoms. The van der Waals surface area contributed by atoms with Gasteiger partial charge in [-0.3, -0.25) is 0 Å².